The maximum atomic E-state index is 12.5. The average Bonchev–Trinajstić information content (AvgIpc) is 2.74. The van der Waals surface area contributed by atoms with Gasteiger partial charge in [0.2, 0.25) is 0 Å². The van der Waals surface area contributed by atoms with Crippen molar-refractivity contribution >= 4 is 28.3 Å². The van der Waals surface area contributed by atoms with Crippen molar-refractivity contribution in [2.24, 2.45) is 0 Å². The highest BCUT2D eigenvalue weighted by atomic mass is 16.5. The van der Waals surface area contributed by atoms with Crippen molar-refractivity contribution in [3.63, 3.8) is 0 Å². The number of para-hydroxylation sites is 1. The van der Waals surface area contributed by atoms with Crippen LogP contribution in [0.2, 0.25) is 0 Å². The Hall–Kier alpha value is -3.12. The second-order valence-corrected chi connectivity index (χ2v) is 6.91. The first-order valence-corrected chi connectivity index (χ1v) is 9.36. The molecule has 0 aliphatic carbocycles. The molecule has 1 aromatic heterocycles. The van der Waals surface area contributed by atoms with Gasteiger partial charge in [0.15, 0.2) is 0 Å². The highest BCUT2D eigenvalue weighted by molar-refractivity contribution is 6.05. The molecule has 1 N–H and O–H groups in total. The van der Waals surface area contributed by atoms with E-state index in [1.807, 2.05) is 30.3 Å². The Morgan fingerprint density at radius 2 is 1.82 bits per heavy atom. The van der Waals surface area contributed by atoms with Gasteiger partial charge >= 0.3 is 5.63 Å². The van der Waals surface area contributed by atoms with E-state index in [2.05, 4.69) is 10.2 Å². The van der Waals surface area contributed by atoms with Crippen LogP contribution in [0, 0.1) is 0 Å². The predicted molar refractivity (Wildman–Crippen MR) is 109 cm³/mol. The minimum Gasteiger partial charge on any atom is -0.422 e. The Morgan fingerprint density at radius 1 is 1.11 bits per heavy atom. The molecule has 3 aromatic rings. The highest BCUT2D eigenvalue weighted by Gasteiger charge is 2.19. The molecule has 0 saturated carbocycles. The Balaban J connectivity index is 1.47. The fourth-order valence-corrected chi connectivity index (χ4v) is 3.52. The minimum atomic E-state index is -0.645. The van der Waals surface area contributed by atoms with Crippen molar-refractivity contribution in [3.8, 4) is 0 Å². The second-order valence-electron chi connectivity index (χ2n) is 6.91. The predicted octanol–water partition coefficient (Wildman–Crippen LogP) is 3.66. The number of rotatable bonds is 4. The molecule has 2 heterocycles. The van der Waals surface area contributed by atoms with E-state index in [-0.39, 0.29) is 5.56 Å². The Morgan fingerprint density at radius 3 is 2.54 bits per heavy atom. The van der Waals surface area contributed by atoms with E-state index in [0.717, 1.165) is 31.6 Å². The number of benzene rings is 2. The first-order valence-electron chi connectivity index (χ1n) is 9.36. The quantitative estimate of drug-likeness (QED) is 0.702. The lowest BCUT2D eigenvalue weighted by molar-refractivity contribution is 0.0819. The summed E-state index contributed by atoms with van der Waals surface area (Å²) in [5.74, 6) is -0.479. The van der Waals surface area contributed by atoms with Crippen molar-refractivity contribution in [2.75, 3.05) is 30.4 Å². The van der Waals surface area contributed by atoms with Crippen LogP contribution < -0.4 is 15.8 Å². The molecule has 0 radical (unpaired) electrons. The van der Waals surface area contributed by atoms with Crippen LogP contribution in [0.15, 0.2) is 63.8 Å². The molecule has 4 rings (SSSR count). The normalized spacial score (nSPS) is 15.0. The fourth-order valence-electron chi connectivity index (χ4n) is 3.52. The summed E-state index contributed by atoms with van der Waals surface area (Å²) in [6.07, 6.45) is 2.35. The number of carbonyl (C=O) groups excluding carboxylic acids is 1. The van der Waals surface area contributed by atoms with E-state index in [0.29, 0.717) is 22.8 Å². The van der Waals surface area contributed by atoms with Gasteiger partial charge in [-0.05, 0) is 49.2 Å². The van der Waals surface area contributed by atoms with E-state index in [1.54, 1.807) is 31.4 Å². The number of nitrogens with one attached hydrogen (secondary N) is 1. The molecule has 2 aromatic carbocycles. The zero-order chi connectivity index (χ0) is 19.5. The van der Waals surface area contributed by atoms with E-state index in [9.17, 15) is 9.59 Å². The van der Waals surface area contributed by atoms with Crippen LogP contribution in [0.1, 0.15) is 23.2 Å². The molecule has 6 nitrogen and oxygen atoms in total. The number of ether oxygens (including phenoxy) is 1. The minimum absolute atomic E-state index is 0.00980. The fraction of sp³-hybridized carbons (Fsp3) is 0.273. The van der Waals surface area contributed by atoms with E-state index in [1.165, 1.54) is 0 Å². The SMILES string of the molecule is COC1CCN(c2ccc(NC(=O)c3cc4ccccc4oc3=O)cc2)CC1. The molecule has 1 aliphatic rings. The molecule has 1 fully saturated rings. The van der Waals surface area contributed by atoms with Crippen LogP contribution in [0.25, 0.3) is 11.0 Å². The van der Waals surface area contributed by atoms with Crippen LogP contribution in [0.5, 0.6) is 0 Å². The molecule has 144 valence electrons. The van der Waals surface area contributed by atoms with Gasteiger partial charge < -0.3 is 19.4 Å². The Bertz CT molecular complexity index is 1030. The van der Waals surface area contributed by atoms with E-state index in [4.69, 9.17) is 9.15 Å². The van der Waals surface area contributed by atoms with Crippen molar-refractivity contribution in [1.82, 2.24) is 0 Å². The van der Waals surface area contributed by atoms with Crippen LogP contribution in [0.4, 0.5) is 11.4 Å². The lowest BCUT2D eigenvalue weighted by Crippen LogP contribution is -2.36. The van der Waals surface area contributed by atoms with Gasteiger partial charge in [-0.25, -0.2) is 4.79 Å². The van der Waals surface area contributed by atoms with Crippen LogP contribution >= 0.6 is 0 Å². The monoisotopic (exact) mass is 378 g/mol. The number of amides is 1. The van der Waals surface area contributed by atoms with Crippen molar-refractivity contribution in [3.05, 3.63) is 70.6 Å². The molecule has 1 amide bonds. The zero-order valence-corrected chi connectivity index (χ0v) is 15.7. The third kappa shape index (κ3) is 3.77. The summed E-state index contributed by atoms with van der Waals surface area (Å²) in [7, 11) is 1.76. The number of fused-ring (bicyclic) bond motifs is 1. The summed E-state index contributed by atoms with van der Waals surface area (Å²) in [5.41, 5.74) is 1.55. The largest absolute Gasteiger partial charge is 0.422 e. The topological polar surface area (TPSA) is 71.8 Å². The van der Waals surface area contributed by atoms with Crippen LogP contribution in [0.3, 0.4) is 0 Å². The van der Waals surface area contributed by atoms with E-state index >= 15 is 0 Å². The number of hydrogen-bond donors (Lipinski definition) is 1. The molecular weight excluding hydrogens is 356 g/mol. The van der Waals surface area contributed by atoms with Crippen molar-refractivity contribution in [1.29, 1.82) is 0 Å². The Kier molecular flexibility index (Phi) is 5.12. The average molecular weight is 378 g/mol. The summed E-state index contributed by atoms with van der Waals surface area (Å²) in [6, 6.07) is 16.3. The van der Waals surface area contributed by atoms with Gasteiger partial charge in [0, 0.05) is 37.0 Å². The first-order chi connectivity index (χ1) is 13.6. The summed E-state index contributed by atoms with van der Waals surface area (Å²) in [6.45, 7) is 1.89. The number of nitrogens with zero attached hydrogens (tertiary/aromatic N) is 1. The summed E-state index contributed by atoms with van der Waals surface area (Å²) in [5, 5.41) is 3.48. The van der Waals surface area contributed by atoms with Crippen molar-refractivity contribution < 1.29 is 13.9 Å². The number of carbonyl (C=O) groups is 1. The van der Waals surface area contributed by atoms with Gasteiger partial charge in [-0.2, -0.15) is 0 Å². The third-order valence-corrected chi connectivity index (χ3v) is 5.15. The van der Waals surface area contributed by atoms with Crippen LogP contribution in [-0.4, -0.2) is 32.2 Å². The van der Waals surface area contributed by atoms with Crippen molar-refractivity contribution in [2.45, 2.75) is 18.9 Å². The lowest BCUT2D eigenvalue weighted by atomic mass is 10.1. The summed E-state index contributed by atoms with van der Waals surface area (Å²) < 4.78 is 10.6. The molecule has 28 heavy (non-hydrogen) atoms. The zero-order valence-electron chi connectivity index (χ0n) is 15.7. The van der Waals surface area contributed by atoms with Gasteiger partial charge in [0.25, 0.3) is 5.91 Å². The molecule has 1 aliphatic heterocycles. The molecule has 1 saturated heterocycles. The number of hydrogen-bond acceptors (Lipinski definition) is 5. The van der Waals surface area contributed by atoms with Gasteiger partial charge in [0.1, 0.15) is 11.1 Å². The first kappa shape index (κ1) is 18.3. The molecule has 0 atom stereocenters. The van der Waals surface area contributed by atoms with E-state index < -0.39 is 11.5 Å². The smallest absolute Gasteiger partial charge is 0.349 e. The van der Waals surface area contributed by atoms with Gasteiger partial charge in [-0.3, -0.25) is 4.79 Å². The van der Waals surface area contributed by atoms with Crippen LogP contribution in [-0.2, 0) is 4.74 Å². The third-order valence-electron chi connectivity index (χ3n) is 5.15. The maximum absolute atomic E-state index is 12.5. The standard InChI is InChI=1S/C22H22N2O4/c1-27-18-10-12-24(13-11-18)17-8-6-16(7-9-17)23-21(25)19-14-15-4-2-3-5-20(15)28-22(19)26/h2-9,14,18H,10-13H2,1H3,(H,23,25). The molecule has 0 unspecified atom stereocenters. The highest BCUT2D eigenvalue weighted by Crippen LogP contribution is 2.23. The lowest BCUT2D eigenvalue weighted by Gasteiger charge is -2.33. The number of methoxy groups -OCH3 is 1. The second kappa shape index (κ2) is 7.86. The number of piperidine rings is 1. The molecule has 0 bridgehead atoms. The van der Waals surface area contributed by atoms with Gasteiger partial charge in [-0.15, -0.1) is 0 Å². The molecular formula is C22H22N2O4. The number of anilines is 2. The Labute approximate surface area is 162 Å². The molecule has 0 spiro atoms. The maximum Gasteiger partial charge on any atom is 0.349 e. The summed E-state index contributed by atoms with van der Waals surface area (Å²) in [4.78, 5) is 27.0. The van der Waals surface area contributed by atoms with Gasteiger partial charge in [-0.1, -0.05) is 18.2 Å². The molecule has 6 heteroatoms. The van der Waals surface area contributed by atoms with Gasteiger partial charge in [0.05, 0.1) is 6.10 Å². The summed E-state index contributed by atoms with van der Waals surface area (Å²) >= 11 is 0.